The monoisotopic (exact) mass is 359 g/mol. The Morgan fingerprint density at radius 2 is 1.80 bits per heavy atom. The maximum Gasteiger partial charge on any atom is 0.135 e. The van der Waals surface area contributed by atoms with E-state index in [4.69, 9.17) is 10.8 Å². The molecule has 0 aliphatic carbocycles. The predicted molar refractivity (Wildman–Crippen MR) is 69.4 cm³/mol. The Kier molecular flexibility index (Phi) is 6.79. The fraction of sp³-hybridized carbons (Fsp3) is 0.333. The van der Waals surface area contributed by atoms with Crippen LogP contribution in [0.4, 0.5) is 0 Å². The van der Waals surface area contributed by atoms with Crippen LogP contribution in [0.3, 0.4) is 0 Å². The van der Waals surface area contributed by atoms with E-state index in [1.165, 1.54) is 0 Å². The SMILES string of the molecule is Cl.N[C@@H](CCO)c1c(Br)ccc(Br)c1O. The van der Waals surface area contributed by atoms with Crippen molar-refractivity contribution in [2.24, 2.45) is 5.73 Å². The van der Waals surface area contributed by atoms with Crippen molar-refractivity contribution >= 4 is 44.3 Å². The molecule has 6 heteroatoms. The van der Waals surface area contributed by atoms with Gasteiger partial charge in [0, 0.05) is 22.7 Å². The summed E-state index contributed by atoms with van der Waals surface area (Å²) in [5.74, 6) is 0.125. The summed E-state index contributed by atoms with van der Waals surface area (Å²) in [6.45, 7) is -0.000437. The number of aliphatic hydroxyl groups excluding tert-OH is 1. The smallest absolute Gasteiger partial charge is 0.135 e. The van der Waals surface area contributed by atoms with Gasteiger partial charge in [0.25, 0.3) is 0 Å². The summed E-state index contributed by atoms with van der Waals surface area (Å²) in [5, 5.41) is 18.5. The Labute approximate surface area is 111 Å². The van der Waals surface area contributed by atoms with E-state index in [9.17, 15) is 5.11 Å². The molecule has 0 aliphatic rings. The van der Waals surface area contributed by atoms with E-state index in [0.717, 1.165) is 4.47 Å². The highest BCUT2D eigenvalue weighted by atomic mass is 79.9. The third-order valence-corrected chi connectivity index (χ3v) is 3.26. The average Bonchev–Trinajstić information content (AvgIpc) is 2.13. The van der Waals surface area contributed by atoms with Gasteiger partial charge >= 0.3 is 0 Å². The van der Waals surface area contributed by atoms with Gasteiger partial charge in [-0.3, -0.25) is 0 Å². The molecule has 0 unspecified atom stereocenters. The maximum absolute atomic E-state index is 9.74. The standard InChI is InChI=1S/C9H11Br2NO2.ClH/c10-5-1-2-6(11)9(14)8(5)7(12)3-4-13;/h1-2,7,13-14H,3-4,12H2;1H/t7-;/m0./s1. The molecular weight excluding hydrogens is 349 g/mol. The number of hydrogen-bond donors (Lipinski definition) is 3. The van der Waals surface area contributed by atoms with Crippen molar-refractivity contribution in [2.75, 3.05) is 6.61 Å². The molecular formula is C9H12Br2ClNO2. The lowest BCUT2D eigenvalue weighted by Crippen LogP contribution is -2.12. The third kappa shape index (κ3) is 3.60. The molecule has 0 aromatic heterocycles. The first-order valence-corrected chi connectivity index (χ1v) is 5.69. The second-order valence-electron chi connectivity index (χ2n) is 2.91. The highest BCUT2D eigenvalue weighted by Crippen LogP contribution is 2.37. The van der Waals surface area contributed by atoms with E-state index in [-0.39, 0.29) is 30.8 Å². The number of benzene rings is 1. The van der Waals surface area contributed by atoms with E-state index < -0.39 is 0 Å². The van der Waals surface area contributed by atoms with Gasteiger partial charge in [0.15, 0.2) is 0 Å². The predicted octanol–water partition coefficient (Wildman–Crippen LogP) is 2.72. The summed E-state index contributed by atoms with van der Waals surface area (Å²) in [4.78, 5) is 0. The lowest BCUT2D eigenvalue weighted by Gasteiger charge is -2.15. The number of rotatable bonds is 3. The number of phenolic OH excluding ortho intramolecular Hbond substituents is 1. The summed E-state index contributed by atoms with van der Waals surface area (Å²) in [6, 6.07) is 3.16. The van der Waals surface area contributed by atoms with Crippen LogP contribution in [0.2, 0.25) is 0 Å². The molecule has 0 radical (unpaired) electrons. The first-order chi connectivity index (χ1) is 6.57. The zero-order valence-electron chi connectivity index (χ0n) is 7.78. The molecule has 0 amide bonds. The normalized spacial score (nSPS) is 12.0. The van der Waals surface area contributed by atoms with E-state index in [1.807, 2.05) is 0 Å². The second kappa shape index (κ2) is 6.70. The van der Waals surface area contributed by atoms with E-state index in [1.54, 1.807) is 12.1 Å². The summed E-state index contributed by atoms with van der Waals surface area (Å²) in [6.07, 6.45) is 0.419. The Morgan fingerprint density at radius 1 is 1.27 bits per heavy atom. The molecule has 1 aromatic rings. The Balaban J connectivity index is 0.00000196. The number of halogens is 3. The average molecular weight is 361 g/mol. The van der Waals surface area contributed by atoms with E-state index in [0.29, 0.717) is 16.5 Å². The van der Waals surface area contributed by atoms with Gasteiger partial charge in [0.2, 0.25) is 0 Å². The molecule has 86 valence electrons. The van der Waals surface area contributed by atoms with Gasteiger partial charge < -0.3 is 15.9 Å². The van der Waals surface area contributed by atoms with Crippen LogP contribution < -0.4 is 5.73 Å². The molecule has 0 fully saturated rings. The Morgan fingerprint density at radius 3 is 2.33 bits per heavy atom. The zero-order chi connectivity index (χ0) is 10.7. The van der Waals surface area contributed by atoms with Gasteiger partial charge in [-0.05, 0) is 34.5 Å². The molecule has 3 nitrogen and oxygen atoms in total. The van der Waals surface area contributed by atoms with E-state index in [2.05, 4.69) is 31.9 Å². The fourth-order valence-corrected chi connectivity index (χ4v) is 2.15. The molecule has 0 aliphatic heterocycles. The highest BCUT2D eigenvalue weighted by Gasteiger charge is 2.16. The number of nitrogens with two attached hydrogens (primary N) is 1. The summed E-state index contributed by atoms with van der Waals surface area (Å²) in [7, 11) is 0. The fourth-order valence-electron chi connectivity index (χ4n) is 1.19. The van der Waals surface area contributed by atoms with E-state index >= 15 is 0 Å². The van der Waals surface area contributed by atoms with Crippen molar-refractivity contribution in [1.82, 2.24) is 0 Å². The van der Waals surface area contributed by atoms with Gasteiger partial charge in [-0.15, -0.1) is 12.4 Å². The molecule has 0 saturated carbocycles. The molecule has 0 saturated heterocycles. The van der Waals surface area contributed by atoms with Crippen LogP contribution in [0.1, 0.15) is 18.0 Å². The molecule has 4 N–H and O–H groups in total. The molecule has 1 atom stereocenters. The maximum atomic E-state index is 9.74. The molecule has 15 heavy (non-hydrogen) atoms. The summed E-state index contributed by atoms with van der Waals surface area (Å²) < 4.78 is 1.35. The zero-order valence-corrected chi connectivity index (χ0v) is 11.8. The molecule has 0 heterocycles. The van der Waals surface area contributed by atoms with Crippen LogP contribution in [0.15, 0.2) is 21.1 Å². The van der Waals surface area contributed by atoms with Crippen LogP contribution in [0.25, 0.3) is 0 Å². The number of aliphatic hydroxyl groups is 1. The van der Waals surface area contributed by atoms with Crippen molar-refractivity contribution in [1.29, 1.82) is 0 Å². The summed E-state index contributed by atoms with van der Waals surface area (Å²) in [5.41, 5.74) is 6.42. The van der Waals surface area contributed by atoms with Gasteiger partial charge in [-0.2, -0.15) is 0 Å². The number of phenols is 1. The first-order valence-electron chi connectivity index (χ1n) is 4.11. The van der Waals surface area contributed by atoms with Crippen molar-refractivity contribution in [3.63, 3.8) is 0 Å². The summed E-state index contributed by atoms with van der Waals surface area (Å²) >= 11 is 6.52. The minimum Gasteiger partial charge on any atom is -0.506 e. The quantitative estimate of drug-likeness (QED) is 0.776. The topological polar surface area (TPSA) is 66.5 Å². The largest absolute Gasteiger partial charge is 0.506 e. The van der Waals surface area contributed by atoms with Gasteiger partial charge in [-0.1, -0.05) is 15.9 Å². The molecule has 1 rings (SSSR count). The molecule has 1 aromatic carbocycles. The van der Waals surface area contributed by atoms with Crippen molar-refractivity contribution in [2.45, 2.75) is 12.5 Å². The van der Waals surface area contributed by atoms with Crippen LogP contribution >= 0.6 is 44.3 Å². The van der Waals surface area contributed by atoms with Crippen molar-refractivity contribution < 1.29 is 10.2 Å². The minimum absolute atomic E-state index is 0. The Bertz CT molecular complexity index is 336. The Hall–Kier alpha value is 0.190. The van der Waals surface area contributed by atoms with Crippen LogP contribution in [0, 0.1) is 0 Å². The van der Waals surface area contributed by atoms with Crippen LogP contribution in [-0.2, 0) is 0 Å². The van der Waals surface area contributed by atoms with Gasteiger partial charge in [-0.25, -0.2) is 0 Å². The molecule has 0 spiro atoms. The first kappa shape index (κ1) is 15.2. The lowest BCUT2D eigenvalue weighted by molar-refractivity contribution is 0.275. The minimum atomic E-state index is -0.369. The second-order valence-corrected chi connectivity index (χ2v) is 4.62. The van der Waals surface area contributed by atoms with Gasteiger partial charge in [0.1, 0.15) is 5.75 Å². The number of aromatic hydroxyl groups is 1. The van der Waals surface area contributed by atoms with Crippen molar-refractivity contribution in [3.05, 3.63) is 26.6 Å². The van der Waals surface area contributed by atoms with Crippen molar-refractivity contribution in [3.8, 4) is 5.75 Å². The third-order valence-electron chi connectivity index (χ3n) is 1.93. The highest BCUT2D eigenvalue weighted by molar-refractivity contribution is 9.11. The van der Waals surface area contributed by atoms with Gasteiger partial charge in [0.05, 0.1) is 4.47 Å². The number of hydrogen-bond acceptors (Lipinski definition) is 3. The molecule has 0 bridgehead atoms. The van der Waals surface area contributed by atoms with Crippen LogP contribution in [0.5, 0.6) is 5.75 Å². The lowest BCUT2D eigenvalue weighted by atomic mass is 10.0. The van der Waals surface area contributed by atoms with Crippen LogP contribution in [-0.4, -0.2) is 16.8 Å².